The van der Waals surface area contributed by atoms with E-state index in [1.165, 1.54) is 4.90 Å². The van der Waals surface area contributed by atoms with E-state index in [9.17, 15) is 0 Å². The first kappa shape index (κ1) is 15.8. The molecule has 2 rings (SSSR count). The highest BCUT2D eigenvalue weighted by Gasteiger charge is 2.11. The molecule has 1 heterocycles. The van der Waals surface area contributed by atoms with Crippen molar-refractivity contribution in [2.75, 3.05) is 12.8 Å². The summed E-state index contributed by atoms with van der Waals surface area (Å²) >= 11 is 11.6. The average Bonchev–Trinajstić information content (AvgIpc) is 2.47. The van der Waals surface area contributed by atoms with E-state index in [-0.39, 0.29) is 0 Å². The number of thioether (sulfide) groups is 1. The Bertz CT molecular complexity index is 565. The first-order valence-electron chi connectivity index (χ1n) is 6.33. The zero-order valence-electron chi connectivity index (χ0n) is 11.1. The first-order chi connectivity index (χ1) is 9.70. The summed E-state index contributed by atoms with van der Waals surface area (Å²) in [5.74, 6) is 0.984. The zero-order valence-corrected chi connectivity index (χ0v) is 14.3. The Hall–Kier alpha value is -0.550. The van der Waals surface area contributed by atoms with Gasteiger partial charge in [0, 0.05) is 33.6 Å². The molecular formula is C15H16BrClN2S. The third kappa shape index (κ3) is 4.48. The number of nitrogens with one attached hydrogen (secondary N) is 1. The Morgan fingerprint density at radius 1 is 1.35 bits per heavy atom. The molecule has 0 aliphatic carbocycles. The van der Waals surface area contributed by atoms with Crippen LogP contribution >= 0.6 is 39.3 Å². The average molecular weight is 372 g/mol. The van der Waals surface area contributed by atoms with Gasteiger partial charge in [-0.15, -0.1) is 11.8 Å². The van der Waals surface area contributed by atoms with Gasteiger partial charge in [0.2, 0.25) is 0 Å². The number of hydrogen-bond donors (Lipinski definition) is 1. The van der Waals surface area contributed by atoms with E-state index in [0.29, 0.717) is 6.04 Å². The molecule has 0 radical (unpaired) electrons. The molecule has 2 aromatic rings. The summed E-state index contributed by atoms with van der Waals surface area (Å²) < 4.78 is 1.14. The molecule has 1 aromatic heterocycles. The van der Waals surface area contributed by atoms with Crippen LogP contribution in [0, 0.1) is 0 Å². The highest BCUT2D eigenvalue weighted by Crippen LogP contribution is 2.28. The maximum atomic E-state index is 6.16. The smallest absolute Gasteiger partial charge is 0.0621 e. The highest BCUT2D eigenvalue weighted by molar-refractivity contribution is 9.10. The molecule has 20 heavy (non-hydrogen) atoms. The fraction of sp³-hybridized carbons (Fsp3) is 0.267. The van der Waals surface area contributed by atoms with Crippen molar-refractivity contribution >= 4 is 39.3 Å². The molecule has 0 aliphatic rings. The molecule has 1 unspecified atom stereocenters. The van der Waals surface area contributed by atoms with Crippen LogP contribution in [-0.2, 0) is 6.42 Å². The molecule has 0 saturated heterocycles. The number of halogens is 2. The molecular weight excluding hydrogens is 356 g/mol. The number of aromatic nitrogens is 1. The van der Waals surface area contributed by atoms with E-state index < -0.39 is 0 Å². The van der Waals surface area contributed by atoms with Crippen molar-refractivity contribution in [2.45, 2.75) is 17.4 Å². The topological polar surface area (TPSA) is 24.9 Å². The Morgan fingerprint density at radius 2 is 2.15 bits per heavy atom. The van der Waals surface area contributed by atoms with Crippen LogP contribution in [0.25, 0.3) is 0 Å². The summed E-state index contributed by atoms with van der Waals surface area (Å²) in [7, 11) is 1.99. The second kappa shape index (κ2) is 8.03. The molecule has 106 valence electrons. The second-order valence-corrected chi connectivity index (χ2v) is 6.72. The third-order valence-corrected chi connectivity index (χ3v) is 5.54. The lowest BCUT2D eigenvalue weighted by Crippen LogP contribution is -2.30. The summed E-state index contributed by atoms with van der Waals surface area (Å²) in [4.78, 5) is 5.28. The third-order valence-electron chi connectivity index (χ3n) is 3.01. The maximum Gasteiger partial charge on any atom is 0.0621 e. The van der Waals surface area contributed by atoms with Crippen LogP contribution in [0.5, 0.6) is 0 Å². The Balaban J connectivity index is 1.96. The number of pyridine rings is 1. The van der Waals surface area contributed by atoms with Gasteiger partial charge in [0.05, 0.1) is 5.02 Å². The zero-order chi connectivity index (χ0) is 14.4. The van der Waals surface area contributed by atoms with E-state index in [1.54, 1.807) is 12.4 Å². The van der Waals surface area contributed by atoms with Gasteiger partial charge in [-0.1, -0.05) is 23.7 Å². The Labute approximate surface area is 137 Å². The van der Waals surface area contributed by atoms with E-state index in [2.05, 4.69) is 44.4 Å². The lowest BCUT2D eigenvalue weighted by molar-refractivity contribution is 0.617. The molecule has 0 aliphatic heterocycles. The van der Waals surface area contributed by atoms with Crippen LogP contribution in [0.15, 0.2) is 52.1 Å². The quantitative estimate of drug-likeness (QED) is 0.761. The van der Waals surface area contributed by atoms with Crippen molar-refractivity contribution in [2.24, 2.45) is 0 Å². The van der Waals surface area contributed by atoms with Crippen molar-refractivity contribution in [1.82, 2.24) is 10.3 Å². The van der Waals surface area contributed by atoms with E-state index in [0.717, 1.165) is 27.2 Å². The maximum absolute atomic E-state index is 6.16. The van der Waals surface area contributed by atoms with Crippen molar-refractivity contribution in [3.05, 3.63) is 57.8 Å². The van der Waals surface area contributed by atoms with Gasteiger partial charge in [0.1, 0.15) is 0 Å². The summed E-state index contributed by atoms with van der Waals surface area (Å²) in [6, 6.07) is 10.6. The van der Waals surface area contributed by atoms with Crippen LogP contribution in [0.4, 0.5) is 0 Å². The van der Waals surface area contributed by atoms with Crippen LogP contribution in [0.1, 0.15) is 5.56 Å². The summed E-state index contributed by atoms with van der Waals surface area (Å²) in [5.41, 5.74) is 1.13. The van der Waals surface area contributed by atoms with Gasteiger partial charge < -0.3 is 5.32 Å². The molecule has 1 N–H and O–H groups in total. The van der Waals surface area contributed by atoms with Crippen LogP contribution in [0.3, 0.4) is 0 Å². The molecule has 0 saturated carbocycles. The lowest BCUT2D eigenvalue weighted by atomic mass is 10.1. The molecule has 0 amide bonds. The lowest BCUT2D eigenvalue weighted by Gasteiger charge is -2.17. The Kier molecular flexibility index (Phi) is 6.36. The molecule has 2 nitrogen and oxygen atoms in total. The fourth-order valence-corrected chi connectivity index (χ4v) is 3.70. The SMILES string of the molecule is CNC(CSc1ccccc1Br)Cc1ccncc1Cl. The van der Waals surface area contributed by atoms with Gasteiger partial charge in [-0.3, -0.25) is 4.98 Å². The molecule has 1 aromatic carbocycles. The molecule has 0 fully saturated rings. The fourth-order valence-electron chi connectivity index (χ4n) is 1.83. The molecule has 0 bridgehead atoms. The Morgan fingerprint density at radius 3 is 2.85 bits per heavy atom. The van der Waals surface area contributed by atoms with Crippen LogP contribution in [0.2, 0.25) is 5.02 Å². The molecule has 5 heteroatoms. The second-order valence-electron chi connectivity index (χ2n) is 4.40. The van der Waals surface area contributed by atoms with Gasteiger partial charge in [-0.2, -0.15) is 0 Å². The largest absolute Gasteiger partial charge is 0.316 e. The van der Waals surface area contributed by atoms with E-state index >= 15 is 0 Å². The van der Waals surface area contributed by atoms with Crippen molar-refractivity contribution in [3.63, 3.8) is 0 Å². The molecule has 1 atom stereocenters. The minimum atomic E-state index is 0.368. The van der Waals surface area contributed by atoms with Crippen LogP contribution in [-0.4, -0.2) is 23.8 Å². The minimum absolute atomic E-state index is 0.368. The van der Waals surface area contributed by atoms with Gasteiger partial charge in [-0.05, 0) is 53.2 Å². The number of hydrogen-bond acceptors (Lipinski definition) is 3. The standard InChI is InChI=1S/C15H16BrClN2S/c1-18-12(8-11-6-7-19-9-14(11)17)10-20-15-5-3-2-4-13(15)16/h2-7,9,12,18H,8,10H2,1H3. The van der Waals surface area contributed by atoms with E-state index in [4.69, 9.17) is 11.6 Å². The van der Waals surface area contributed by atoms with Gasteiger partial charge in [-0.25, -0.2) is 0 Å². The predicted octanol–water partition coefficient (Wildman–Crippen LogP) is 4.42. The minimum Gasteiger partial charge on any atom is -0.316 e. The van der Waals surface area contributed by atoms with Gasteiger partial charge >= 0.3 is 0 Å². The highest BCUT2D eigenvalue weighted by atomic mass is 79.9. The number of benzene rings is 1. The molecule has 0 spiro atoms. The number of rotatable bonds is 6. The summed E-state index contributed by atoms with van der Waals surface area (Å²) in [6.45, 7) is 0. The predicted molar refractivity (Wildman–Crippen MR) is 90.7 cm³/mol. The van der Waals surface area contributed by atoms with Crippen molar-refractivity contribution in [1.29, 1.82) is 0 Å². The van der Waals surface area contributed by atoms with Gasteiger partial charge in [0.15, 0.2) is 0 Å². The number of nitrogens with zero attached hydrogens (tertiary/aromatic N) is 1. The number of likely N-dealkylation sites (N-methyl/N-ethyl adjacent to an activating group) is 1. The summed E-state index contributed by atoms with van der Waals surface area (Å²) in [5, 5.41) is 4.09. The van der Waals surface area contributed by atoms with Gasteiger partial charge in [0.25, 0.3) is 0 Å². The van der Waals surface area contributed by atoms with Crippen molar-refractivity contribution in [3.8, 4) is 0 Å². The first-order valence-corrected chi connectivity index (χ1v) is 8.49. The normalized spacial score (nSPS) is 12.3. The van der Waals surface area contributed by atoms with Crippen LogP contribution < -0.4 is 5.32 Å². The van der Waals surface area contributed by atoms with E-state index in [1.807, 2.05) is 30.9 Å². The summed E-state index contributed by atoms with van der Waals surface area (Å²) in [6.07, 6.45) is 4.38. The van der Waals surface area contributed by atoms with Crippen molar-refractivity contribution < 1.29 is 0 Å². The monoisotopic (exact) mass is 370 g/mol.